The third kappa shape index (κ3) is 2.88. The van der Waals surface area contributed by atoms with Gasteiger partial charge in [-0.05, 0) is 36.4 Å². The summed E-state index contributed by atoms with van der Waals surface area (Å²) in [5.74, 6) is 1.76. The van der Waals surface area contributed by atoms with Crippen molar-refractivity contribution < 1.29 is 14.2 Å². The summed E-state index contributed by atoms with van der Waals surface area (Å²) in [5.41, 5.74) is 1.48. The summed E-state index contributed by atoms with van der Waals surface area (Å²) in [4.78, 5) is 17.7. The van der Waals surface area contributed by atoms with E-state index in [0.717, 1.165) is 16.5 Å². The second kappa shape index (κ2) is 6.96. The van der Waals surface area contributed by atoms with Gasteiger partial charge in [-0.25, -0.2) is 15.0 Å². The monoisotopic (exact) mass is 370 g/mol. The van der Waals surface area contributed by atoms with Crippen LogP contribution in [-0.4, -0.2) is 23.0 Å². The van der Waals surface area contributed by atoms with Gasteiger partial charge in [-0.15, -0.1) is 0 Å². The lowest BCUT2D eigenvalue weighted by Crippen LogP contribution is -2.07. The topological polar surface area (TPSA) is 78.2 Å². The van der Waals surface area contributed by atoms with Crippen molar-refractivity contribution in [2.45, 2.75) is 0 Å². The van der Waals surface area contributed by atoms with E-state index in [4.69, 9.17) is 19.2 Å². The summed E-state index contributed by atoms with van der Waals surface area (Å²) in [6.45, 7) is 0.152. The largest absolute Gasteiger partial charge is 0.473 e. The standard InChI is InChI=1S/C21H14N4O3/c1-2-7-23-17-5-4-14-10-16(17)18(20-19(14)27-13-28-20)25-21-15(11-22-12-24-21)6-9-26-8-3-1/h1-12H,13H2/b2-1-,8-3-,9-6-,23-7?,25-18?. The third-order valence-corrected chi connectivity index (χ3v) is 4.28. The first-order valence-corrected chi connectivity index (χ1v) is 8.62. The summed E-state index contributed by atoms with van der Waals surface area (Å²) in [7, 11) is 0. The molecule has 7 nitrogen and oxygen atoms in total. The number of nitrogens with zero attached hydrogens (tertiary/aromatic N) is 4. The van der Waals surface area contributed by atoms with E-state index in [0.29, 0.717) is 28.2 Å². The molecule has 5 rings (SSSR count). The number of aromatic nitrogens is 2. The highest BCUT2D eigenvalue weighted by Crippen LogP contribution is 2.38. The van der Waals surface area contributed by atoms with Crippen molar-refractivity contribution in [3.63, 3.8) is 0 Å². The molecule has 2 aliphatic rings. The van der Waals surface area contributed by atoms with Gasteiger partial charge in [0.15, 0.2) is 17.3 Å². The van der Waals surface area contributed by atoms with Gasteiger partial charge in [-0.3, -0.25) is 4.99 Å². The Morgan fingerprint density at radius 3 is 2.93 bits per heavy atom. The summed E-state index contributed by atoms with van der Waals surface area (Å²) >= 11 is 0. The first kappa shape index (κ1) is 16.2. The maximum atomic E-state index is 5.74. The molecule has 3 heterocycles. The Labute approximate surface area is 160 Å². The van der Waals surface area contributed by atoms with Crippen LogP contribution in [0, 0.1) is 0 Å². The van der Waals surface area contributed by atoms with Gasteiger partial charge in [0.05, 0.1) is 18.2 Å². The number of fused-ring (bicyclic) bond motifs is 5. The van der Waals surface area contributed by atoms with Crippen LogP contribution in [0.15, 0.2) is 71.5 Å². The van der Waals surface area contributed by atoms with E-state index < -0.39 is 0 Å². The Hall–Kier alpha value is -4.00. The lowest BCUT2D eigenvalue weighted by Gasteiger charge is -2.07. The zero-order chi connectivity index (χ0) is 18.8. The molecule has 0 fully saturated rings. The van der Waals surface area contributed by atoms with E-state index in [1.165, 1.54) is 6.33 Å². The summed E-state index contributed by atoms with van der Waals surface area (Å²) in [6, 6.07) is 5.90. The van der Waals surface area contributed by atoms with Crippen molar-refractivity contribution in [1.82, 2.24) is 9.97 Å². The van der Waals surface area contributed by atoms with Gasteiger partial charge in [-0.2, -0.15) is 0 Å². The number of aliphatic imine (C=N–C) groups is 1. The van der Waals surface area contributed by atoms with Crippen molar-refractivity contribution in [3.05, 3.63) is 72.4 Å². The summed E-state index contributed by atoms with van der Waals surface area (Å²) in [6.07, 6.45) is 15.1. The van der Waals surface area contributed by atoms with Gasteiger partial charge in [0.2, 0.25) is 6.79 Å². The molecule has 2 bridgehead atoms. The molecule has 3 aromatic rings. The SMILES string of the molecule is C1=Nc2ccc3cc2c(c2c3OCO2)=Nc2ncncc2/C=C\O/C=C\C=C/1. The Balaban J connectivity index is 1.84. The van der Waals surface area contributed by atoms with Crippen LogP contribution in [0.3, 0.4) is 0 Å². The number of hydrogen-bond acceptors (Lipinski definition) is 7. The van der Waals surface area contributed by atoms with E-state index >= 15 is 0 Å². The van der Waals surface area contributed by atoms with Crippen LogP contribution in [0.25, 0.3) is 16.8 Å². The number of hydrogen-bond donors (Lipinski definition) is 0. The third-order valence-electron chi connectivity index (χ3n) is 4.28. The molecular formula is C21H14N4O3. The number of allylic oxidation sites excluding steroid dienone is 3. The van der Waals surface area contributed by atoms with Crippen LogP contribution in [0.1, 0.15) is 5.56 Å². The molecular weight excluding hydrogens is 356 g/mol. The maximum Gasteiger partial charge on any atom is 0.231 e. The van der Waals surface area contributed by atoms with Gasteiger partial charge in [0, 0.05) is 28.7 Å². The highest BCUT2D eigenvalue weighted by atomic mass is 16.7. The molecule has 28 heavy (non-hydrogen) atoms. The molecule has 136 valence electrons. The smallest absolute Gasteiger partial charge is 0.231 e. The lowest BCUT2D eigenvalue weighted by molar-refractivity contribution is 0.174. The molecule has 0 atom stereocenters. The minimum atomic E-state index is 0.152. The maximum absolute atomic E-state index is 5.74. The number of rotatable bonds is 0. The number of ether oxygens (including phenoxy) is 3. The molecule has 0 spiro atoms. The lowest BCUT2D eigenvalue weighted by atomic mass is 10.1. The van der Waals surface area contributed by atoms with Crippen LogP contribution in [0.5, 0.6) is 11.5 Å². The van der Waals surface area contributed by atoms with Crippen molar-refractivity contribution >= 4 is 34.6 Å². The van der Waals surface area contributed by atoms with Gasteiger partial charge < -0.3 is 14.2 Å². The predicted molar refractivity (Wildman–Crippen MR) is 105 cm³/mol. The quantitative estimate of drug-likeness (QED) is 0.601. The van der Waals surface area contributed by atoms with Crippen LogP contribution in [0.2, 0.25) is 0 Å². The number of benzene rings is 2. The van der Waals surface area contributed by atoms with Crippen LogP contribution >= 0.6 is 0 Å². The Morgan fingerprint density at radius 2 is 1.93 bits per heavy atom. The van der Waals surface area contributed by atoms with Crippen molar-refractivity contribution in [1.29, 1.82) is 0 Å². The average Bonchev–Trinajstić information content (AvgIpc) is 3.21. The molecule has 0 aliphatic carbocycles. The Morgan fingerprint density at radius 1 is 0.964 bits per heavy atom. The molecule has 0 N–H and O–H groups in total. The normalized spacial score (nSPS) is 18.3. The van der Waals surface area contributed by atoms with E-state index in [2.05, 4.69) is 15.0 Å². The van der Waals surface area contributed by atoms with Crippen molar-refractivity contribution in [2.24, 2.45) is 9.98 Å². The minimum Gasteiger partial charge on any atom is -0.473 e. The molecule has 2 aromatic carbocycles. The van der Waals surface area contributed by atoms with Gasteiger partial charge in [0.1, 0.15) is 11.7 Å². The fraction of sp³-hybridized carbons (Fsp3) is 0.0476. The fourth-order valence-electron chi connectivity index (χ4n) is 3.02. The van der Waals surface area contributed by atoms with E-state index in [-0.39, 0.29) is 6.79 Å². The van der Waals surface area contributed by atoms with Crippen LogP contribution in [-0.2, 0) is 4.74 Å². The van der Waals surface area contributed by atoms with Gasteiger partial charge >= 0.3 is 0 Å². The zero-order valence-electron chi connectivity index (χ0n) is 14.6. The molecule has 0 saturated carbocycles. The highest BCUT2D eigenvalue weighted by Gasteiger charge is 2.21. The van der Waals surface area contributed by atoms with Crippen LogP contribution in [0.4, 0.5) is 11.5 Å². The fourth-order valence-corrected chi connectivity index (χ4v) is 3.02. The Bertz CT molecular complexity index is 1230. The highest BCUT2D eigenvalue weighted by molar-refractivity contribution is 5.90. The zero-order valence-corrected chi connectivity index (χ0v) is 14.6. The first-order valence-electron chi connectivity index (χ1n) is 8.62. The molecule has 0 amide bonds. The van der Waals surface area contributed by atoms with E-state index in [1.54, 1.807) is 37.1 Å². The first-order chi connectivity index (χ1) is 13.9. The molecule has 1 aromatic heterocycles. The minimum absolute atomic E-state index is 0.152. The van der Waals surface area contributed by atoms with Gasteiger partial charge in [-0.1, -0.05) is 6.08 Å². The molecule has 0 unspecified atom stereocenters. The summed E-state index contributed by atoms with van der Waals surface area (Å²) in [5, 5.41) is 2.41. The molecule has 2 aliphatic heterocycles. The van der Waals surface area contributed by atoms with E-state index in [1.807, 2.05) is 30.4 Å². The Kier molecular flexibility index (Phi) is 4.02. The van der Waals surface area contributed by atoms with Crippen molar-refractivity contribution in [3.8, 4) is 11.5 Å². The molecule has 7 heteroatoms. The van der Waals surface area contributed by atoms with E-state index in [9.17, 15) is 0 Å². The predicted octanol–water partition coefficient (Wildman–Crippen LogP) is 3.80. The molecule has 0 radical (unpaired) electrons. The average molecular weight is 370 g/mol. The van der Waals surface area contributed by atoms with Crippen LogP contribution < -0.4 is 14.8 Å². The molecule has 0 saturated heterocycles. The van der Waals surface area contributed by atoms with Crippen molar-refractivity contribution in [2.75, 3.05) is 6.79 Å². The summed E-state index contributed by atoms with van der Waals surface area (Å²) < 4.78 is 16.7. The van der Waals surface area contributed by atoms with Gasteiger partial charge in [0.25, 0.3) is 0 Å². The second-order valence-electron chi connectivity index (χ2n) is 5.99. The second-order valence-corrected chi connectivity index (χ2v) is 5.99.